The molecule has 18 heavy (non-hydrogen) atoms. The summed E-state index contributed by atoms with van der Waals surface area (Å²) in [7, 11) is -2.32. The molecule has 0 aromatic heterocycles. The van der Waals surface area contributed by atoms with Gasteiger partial charge in [-0.3, -0.25) is 0 Å². The molecule has 0 aliphatic rings. The Morgan fingerprint density at radius 1 is 0.778 bits per heavy atom. The lowest BCUT2D eigenvalue weighted by atomic mass is 11.3. The third-order valence-corrected chi connectivity index (χ3v) is 11.9. The summed E-state index contributed by atoms with van der Waals surface area (Å²) in [6.45, 7) is 24.6. The van der Waals surface area contributed by atoms with Gasteiger partial charge in [-0.2, -0.15) is 0 Å². The Labute approximate surface area is 117 Å². The van der Waals surface area contributed by atoms with E-state index in [0.717, 1.165) is 0 Å². The maximum absolute atomic E-state index is 5.11. The molecule has 0 saturated heterocycles. The Balaban J connectivity index is 0. The topological polar surface area (TPSA) is 21.3 Å². The lowest BCUT2D eigenvalue weighted by Gasteiger charge is -2.29. The van der Waals surface area contributed by atoms with Crippen LogP contribution in [-0.4, -0.2) is 31.9 Å². The highest BCUT2D eigenvalue weighted by Gasteiger charge is 2.25. The summed E-state index contributed by atoms with van der Waals surface area (Å²) in [6.07, 6.45) is 0. The molecule has 5 heteroatoms. The van der Waals surface area contributed by atoms with Gasteiger partial charge in [-0.05, 0) is 13.1 Å². The van der Waals surface area contributed by atoms with Crippen LogP contribution in [-0.2, 0) is 4.43 Å². The predicted octanol–water partition coefficient (Wildman–Crippen LogP) is 4.00. The summed E-state index contributed by atoms with van der Waals surface area (Å²) >= 11 is 0. The van der Waals surface area contributed by atoms with Crippen molar-refractivity contribution in [3.63, 3.8) is 0 Å². The minimum Gasteiger partial charge on any atom is -0.417 e. The van der Waals surface area contributed by atoms with Gasteiger partial charge in [0.1, 0.15) is 16.5 Å². The second-order valence-electron chi connectivity index (χ2n) is 5.99. The summed E-state index contributed by atoms with van der Waals surface area (Å²) in [5, 5.41) is 0. The molecular weight excluding hydrogens is 270 g/mol. The van der Waals surface area contributed by atoms with E-state index in [1.807, 2.05) is 5.70 Å². The Bertz CT molecular complexity index is 268. The molecule has 0 bridgehead atoms. The van der Waals surface area contributed by atoms with Gasteiger partial charge in [0.2, 0.25) is 8.32 Å². The molecule has 0 aromatic carbocycles. The Morgan fingerprint density at radius 3 is 1.22 bits per heavy atom. The summed E-state index contributed by atoms with van der Waals surface area (Å²) in [5.74, 6) is 0. The molecule has 0 aliphatic carbocycles. The third-order valence-electron chi connectivity index (χ3n) is 2.68. The zero-order valence-electron chi connectivity index (χ0n) is 13.3. The van der Waals surface area contributed by atoms with Gasteiger partial charge in [-0.15, -0.1) is 19.7 Å². The Hall–Kier alpha value is -0.209. The molecule has 0 spiro atoms. The fraction of sp³-hybridized carbons (Fsp3) is 0.538. The number of nitrogens with one attached hydrogen (secondary N) is 1. The van der Waals surface area contributed by atoms with E-state index in [2.05, 4.69) is 75.1 Å². The first-order valence-electron chi connectivity index (χ1n) is 6.20. The van der Waals surface area contributed by atoms with Crippen LogP contribution in [0.25, 0.3) is 0 Å². The van der Waals surface area contributed by atoms with Gasteiger partial charge in [0.25, 0.3) is 0 Å². The molecular formula is C13H31NOSi3. The standard InChI is InChI=1S/C8H19NSi2.C5H12OSi/c1-7-10(3,4)9-11(5,6)8-2;1-5-7(3,4)6-2/h7-9H,1-2H2,3-6H3;5H,1H2,2-4H3. The largest absolute Gasteiger partial charge is 0.417 e. The maximum atomic E-state index is 5.11. The van der Waals surface area contributed by atoms with Crippen LogP contribution in [0, 0.1) is 0 Å². The molecule has 0 unspecified atom stereocenters. The number of rotatable bonds is 6. The molecule has 0 saturated carbocycles. The average Bonchev–Trinajstić information content (AvgIpc) is 2.29. The lowest BCUT2D eigenvalue weighted by Crippen LogP contribution is -2.57. The third kappa shape index (κ3) is 10.9. The van der Waals surface area contributed by atoms with E-state index < -0.39 is 24.8 Å². The number of hydrogen-bond donors (Lipinski definition) is 1. The molecule has 106 valence electrons. The van der Waals surface area contributed by atoms with Crippen LogP contribution in [0.3, 0.4) is 0 Å². The zero-order valence-corrected chi connectivity index (χ0v) is 16.3. The Kier molecular flexibility index (Phi) is 9.01. The molecule has 0 fully saturated rings. The van der Waals surface area contributed by atoms with Crippen LogP contribution in [0.4, 0.5) is 0 Å². The fourth-order valence-corrected chi connectivity index (χ4v) is 8.64. The normalized spacial score (nSPS) is 12.2. The lowest BCUT2D eigenvalue weighted by molar-refractivity contribution is 0.415. The van der Waals surface area contributed by atoms with Crippen molar-refractivity contribution in [1.29, 1.82) is 0 Å². The van der Waals surface area contributed by atoms with Crippen LogP contribution in [0.2, 0.25) is 39.3 Å². The van der Waals surface area contributed by atoms with E-state index in [0.29, 0.717) is 0 Å². The molecule has 1 N–H and O–H groups in total. The van der Waals surface area contributed by atoms with Crippen molar-refractivity contribution in [3.05, 3.63) is 36.8 Å². The first-order valence-corrected chi connectivity index (χ1v) is 15.3. The SMILES string of the molecule is C=C[Si](C)(C)N[Si](C)(C)C=C.C=C[Si](C)(C)OC. The van der Waals surface area contributed by atoms with Crippen molar-refractivity contribution in [2.75, 3.05) is 7.11 Å². The van der Waals surface area contributed by atoms with E-state index in [-0.39, 0.29) is 0 Å². The average molecular weight is 302 g/mol. The summed E-state index contributed by atoms with van der Waals surface area (Å²) < 4.78 is 8.78. The van der Waals surface area contributed by atoms with Gasteiger partial charge in [-0.1, -0.05) is 43.3 Å². The first kappa shape index (κ1) is 20.1. The van der Waals surface area contributed by atoms with E-state index in [4.69, 9.17) is 4.43 Å². The highest BCUT2D eigenvalue weighted by atomic mass is 28.4. The van der Waals surface area contributed by atoms with Crippen molar-refractivity contribution in [2.24, 2.45) is 0 Å². The van der Waals surface area contributed by atoms with E-state index in [9.17, 15) is 0 Å². The van der Waals surface area contributed by atoms with Crippen LogP contribution >= 0.6 is 0 Å². The summed E-state index contributed by atoms with van der Waals surface area (Å²) in [5.41, 5.74) is 6.06. The molecule has 0 atom stereocenters. The van der Waals surface area contributed by atoms with Crippen molar-refractivity contribution in [3.8, 4) is 0 Å². The molecule has 0 rings (SSSR count). The van der Waals surface area contributed by atoms with Crippen molar-refractivity contribution >= 4 is 24.8 Å². The fourth-order valence-electron chi connectivity index (χ4n) is 1.02. The van der Waals surface area contributed by atoms with Gasteiger partial charge in [0, 0.05) is 7.11 Å². The second kappa shape index (κ2) is 8.06. The monoisotopic (exact) mass is 301 g/mol. The highest BCUT2D eigenvalue weighted by Crippen LogP contribution is 2.06. The second-order valence-corrected chi connectivity index (χ2v) is 18.7. The van der Waals surface area contributed by atoms with Crippen LogP contribution in [0.5, 0.6) is 0 Å². The Morgan fingerprint density at radius 2 is 1.11 bits per heavy atom. The van der Waals surface area contributed by atoms with Crippen molar-refractivity contribution < 1.29 is 4.43 Å². The zero-order chi connectivity index (χ0) is 15.0. The van der Waals surface area contributed by atoms with Crippen molar-refractivity contribution in [1.82, 2.24) is 4.65 Å². The van der Waals surface area contributed by atoms with Gasteiger partial charge >= 0.3 is 0 Å². The van der Waals surface area contributed by atoms with Crippen molar-refractivity contribution in [2.45, 2.75) is 39.3 Å². The van der Waals surface area contributed by atoms with Crippen LogP contribution in [0.15, 0.2) is 36.8 Å². The minimum absolute atomic E-state index is 1.33. The first-order chi connectivity index (χ1) is 7.95. The predicted molar refractivity (Wildman–Crippen MR) is 93.2 cm³/mol. The maximum Gasteiger partial charge on any atom is 0.209 e. The van der Waals surface area contributed by atoms with E-state index in [1.165, 1.54) is 0 Å². The molecule has 0 aromatic rings. The molecule has 0 aliphatic heterocycles. The van der Waals surface area contributed by atoms with Crippen LogP contribution in [0.1, 0.15) is 0 Å². The van der Waals surface area contributed by atoms with Gasteiger partial charge < -0.3 is 9.07 Å². The number of hydrogen-bond acceptors (Lipinski definition) is 2. The van der Waals surface area contributed by atoms with Gasteiger partial charge in [-0.25, -0.2) is 0 Å². The van der Waals surface area contributed by atoms with E-state index in [1.54, 1.807) is 7.11 Å². The van der Waals surface area contributed by atoms with E-state index >= 15 is 0 Å². The minimum atomic E-state index is -1.39. The molecule has 2 nitrogen and oxygen atoms in total. The quantitative estimate of drug-likeness (QED) is 0.749. The molecule has 0 heterocycles. The summed E-state index contributed by atoms with van der Waals surface area (Å²) in [6, 6.07) is 0. The van der Waals surface area contributed by atoms with Crippen LogP contribution < -0.4 is 4.65 Å². The smallest absolute Gasteiger partial charge is 0.209 e. The van der Waals surface area contributed by atoms with Gasteiger partial charge in [0.15, 0.2) is 0 Å². The molecule has 0 amide bonds. The molecule has 0 radical (unpaired) electrons. The highest BCUT2D eigenvalue weighted by molar-refractivity contribution is 6.95. The summed E-state index contributed by atoms with van der Waals surface area (Å²) in [4.78, 5) is 0. The van der Waals surface area contributed by atoms with Gasteiger partial charge in [0.05, 0.1) is 0 Å².